The van der Waals surface area contributed by atoms with Crippen molar-refractivity contribution >= 4 is 22.5 Å². The van der Waals surface area contributed by atoms with E-state index in [2.05, 4.69) is 10.3 Å². The topological polar surface area (TPSA) is 54.1 Å². The molecular formula is C17H16N2O2. The molecule has 2 N–H and O–H groups in total. The number of H-pyrrole nitrogens is 1. The SMILES string of the molecule is COc1ccc(NC(=O)c2ccc3cc[nH]c3c2)cc1C. The molecule has 1 aromatic heterocycles. The monoisotopic (exact) mass is 280 g/mol. The minimum Gasteiger partial charge on any atom is -0.496 e. The summed E-state index contributed by atoms with van der Waals surface area (Å²) in [4.78, 5) is 15.4. The van der Waals surface area contributed by atoms with Crippen molar-refractivity contribution in [2.75, 3.05) is 12.4 Å². The van der Waals surface area contributed by atoms with E-state index in [0.29, 0.717) is 5.56 Å². The van der Waals surface area contributed by atoms with Crippen molar-refractivity contribution in [1.29, 1.82) is 0 Å². The quantitative estimate of drug-likeness (QED) is 0.768. The number of fused-ring (bicyclic) bond motifs is 1. The molecule has 3 aromatic rings. The van der Waals surface area contributed by atoms with Gasteiger partial charge >= 0.3 is 0 Å². The zero-order valence-electron chi connectivity index (χ0n) is 11.9. The molecule has 0 spiro atoms. The highest BCUT2D eigenvalue weighted by Crippen LogP contribution is 2.22. The zero-order valence-corrected chi connectivity index (χ0v) is 11.9. The molecule has 0 unspecified atom stereocenters. The van der Waals surface area contributed by atoms with Crippen LogP contribution in [0.3, 0.4) is 0 Å². The third-order valence-corrected chi connectivity index (χ3v) is 3.47. The van der Waals surface area contributed by atoms with Crippen molar-refractivity contribution in [3.05, 3.63) is 59.8 Å². The van der Waals surface area contributed by atoms with E-state index in [1.54, 1.807) is 7.11 Å². The Balaban J connectivity index is 1.83. The molecule has 0 atom stereocenters. The average Bonchev–Trinajstić information content (AvgIpc) is 2.94. The molecule has 1 heterocycles. The summed E-state index contributed by atoms with van der Waals surface area (Å²) in [6.07, 6.45) is 1.86. The predicted octanol–water partition coefficient (Wildman–Crippen LogP) is 3.74. The zero-order chi connectivity index (χ0) is 14.8. The summed E-state index contributed by atoms with van der Waals surface area (Å²) in [5, 5.41) is 3.99. The Morgan fingerprint density at radius 2 is 2.00 bits per heavy atom. The molecule has 1 amide bonds. The number of carbonyl (C=O) groups is 1. The Morgan fingerprint density at radius 1 is 1.14 bits per heavy atom. The lowest BCUT2D eigenvalue weighted by Gasteiger charge is -2.09. The highest BCUT2D eigenvalue weighted by molar-refractivity contribution is 6.06. The first-order valence-corrected chi connectivity index (χ1v) is 6.70. The molecule has 0 aliphatic carbocycles. The standard InChI is InChI=1S/C17H16N2O2/c1-11-9-14(5-6-16(11)21-2)19-17(20)13-4-3-12-7-8-18-15(12)10-13/h3-10,18H,1-2H3,(H,19,20). The van der Waals surface area contributed by atoms with E-state index in [1.807, 2.05) is 55.6 Å². The van der Waals surface area contributed by atoms with Gasteiger partial charge in [0.1, 0.15) is 5.75 Å². The van der Waals surface area contributed by atoms with Gasteiger partial charge < -0.3 is 15.0 Å². The van der Waals surface area contributed by atoms with E-state index in [0.717, 1.165) is 27.9 Å². The van der Waals surface area contributed by atoms with Crippen molar-refractivity contribution in [3.8, 4) is 5.75 Å². The smallest absolute Gasteiger partial charge is 0.255 e. The van der Waals surface area contributed by atoms with Crippen LogP contribution >= 0.6 is 0 Å². The average molecular weight is 280 g/mol. The predicted molar refractivity (Wildman–Crippen MR) is 84.0 cm³/mol. The van der Waals surface area contributed by atoms with Gasteiger partial charge in [-0.05, 0) is 54.3 Å². The molecule has 3 rings (SSSR count). The molecule has 106 valence electrons. The summed E-state index contributed by atoms with van der Waals surface area (Å²) >= 11 is 0. The minimum absolute atomic E-state index is 0.129. The van der Waals surface area contributed by atoms with Crippen molar-refractivity contribution in [2.45, 2.75) is 6.92 Å². The number of ether oxygens (including phenoxy) is 1. The molecule has 0 saturated carbocycles. The number of aryl methyl sites for hydroxylation is 1. The first kappa shape index (κ1) is 13.2. The van der Waals surface area contributed by atoms with Crippen LogP contribution in [-0.2, 0) is 0 Å². The van der Waals surface area contributed by atoms with E-state index >= 15 is 0 Å². The van der Waals surface area contributed by atoms with Crippen molar-refractivity contribution in [2.24, 2.45) is 0 Å². The molecule has 0 fully saturated rings. The minimum atomic E-state index is -0.129. The summed E-state index contributed by atoms with van der Waals surface area (Å²) in [6.45, 7) is 1.94. The number of benzene rings is 2. The molecule has 0 radical (unpaired) electrons. The van der Waals surface area contributed by atoms with Gasteiger partial charge in [-0.3, -0.25) is 4.79 Å². The molecule has 0 aliphatic rings. The van der Waals surface area contributed by atoms with Gasteiger partial charge in [-0.2, -0.15) is 0 Å². The van der Waals surface area contributed by atoms with E-state index in [9.17, 15) is 4.79 Å². The molecule has 4 nitrogen and oxygen atoms in total. The third kappa shape index (κ3) is 2.60. The molecule has 0 saturated heterocycles. The fourth-order valence-corrected chi connectivity index (χ4v) is 2.35. The number of carbonyl (C=O) groups excluding carboxylic acids is 1. The molecular weight excluding hydrogens is 264 g/mol. The number of hydrogen-bond acceptors (Lipinski definition) is 2. The van der Waals surface area contributed by atoms with Crippen LogP contribution in [0.4, 0.5) is 5.69 Å². The number of aromatic amines is 1. The van der Waals surface area contributed by atoms with Crippen molar-refractivity contribution < 1.29 is 9.53 Å². The first-order valence-electron chi connectivity index (χ1n) is 6.70. The van der Waals surface area contributed by atoms with Crippen LogP contribution in [0.15, 0.2) is 48.7 Å². The summed E-state index contributed by atoms with van der Waals surface area (Å²) in [7, 11) is 1.63. The largest absolute Gasteiger partial charge is 0.496 e. The number of hydrogen-bond donors (Lipinski definition) is 2. The number of anilines is 1. The van der Waals surface area contributed by atoms with Gasteiger partial charge in [0.2, 0.25) is 0 Å². The number of amides is 1. The highest BCUT2D eigenvalue weighted by Gasteiger charge is 2.08. The van der Waals surface area contributed by atoms with Crippen LogP contribution in [0, 0.1) is 6.92 Å². The molecule has 2 aromatic carbocycles. The van der Waals surface area contributed by atoms with Crippen molar-refractivity contribution in [1.82, 2.24) is 4.98 Å². The highest BCUT2D eigenvalue weighted by atomic mass is 16.5. The van der Waals surface area contributed by atoms with E-state index < -0.39 is 0 Å². The maximum absolute atomic E-state index is 12.3. The number of nitrogens with one attached hydrogen (secondary N) is 2. The van der Waals surface area contributed by atoms with Crippen LogP contribution < -0.4 is 10.1 Å². The van der Waals surface area contributed by atoms with E-state index in [1.165, 1.54) is 0 Å². The Labute approximate surface area is 122 Å². The van der Waals surface area contributed by atoms with Gasteiger partial charge in [0, 0.05) is 23.0 Å². The summed E-state index contributed by atoms with van der Waals surface area (Å²) < 4.78 is 5.21. The molecule has 4 heteroatoms. The van der Waals surface area contributed by atoms with Crippen LogP contribution in [0.1, 0.15) is 15.9 Å². The Hall–Kier alpha value is -2.75. The second-order valence-corrected chi connectivity index (χ2v) is 4.92. The molecule has 0 bridgehead atoms. The Kier molecular flexibility index (Phi) is 3.36. The molecule has 21 heavy (non-hydrogen) atoms. The Morgan fingerprint density at radius 3 is 2.76 bits per heavy atom. The number of aromatic nitrogens is 1. The fourth-order valence-electron chi connectivity index (χ4n) is 2.35. The Bertz CT molecular complexity index is 805. The van der Waals surface area contributed by atoms with Crippen LogP contribution in [0.25, 0.3) is 10.9 Å². The second kappa shape index (κ2) is 5.32. The third-order valence-electron chi connectivity index (χ3n) is 3.47. The van der Waals surface area contributed by atoms with E-state index in [-0.39, 0.29) is 5.91 Å². The van der Waals surface area contributed by atoms with Gasteiger partial charge in [-0.25, -0.2) is 0 Å². The van der Waals surface area contributed by atoms with Gasteiger partial charge in [0.25, 0.3) is 5.91 Å². The summed E-state index contributed by atoms with van der Waals surface area (Å²) in [5.74, 6) is 0.678. The van der Waals surface area contributed by atoms with Crippen LogP contribution in [-0.4, -0.2) is 18.0 Å². The normalized spacial score (nSPS) is 10.6. The lowest BCUT2D eigenvalue weighted by Crippen LogP contribution is -2.11. The number of methoxy groups -OCH3 is 1. The van der Waals surface area contributed by atoms with Crippen molar-refractivity contribution in [3.63, 3.8) is 0 Å². The second-order valence-electron chi connectivity index (χ2n) is 4.92. The first-order chi connectivity index (χ1) is 10.2. The maximum atomic E-state index is 12.3. The van der Waals surface area contributed by atoms with Crippen LogP contribution in [0.2, 0.25) is 0 Å². The van der Waals surface area contributed by atoms with Gasteiger partial charge in [-0.15, -0.1) is 0 Å². The van der Waals surface area contributed by atoms with Gasteiger partial charge in [-0.1, -0.05) is 6.07 Å². The summed E-state index contributed by atoms with van der Waals surface area (Å²) in [6, 6.07) is 13.1. The molecule has 0 aliphatic heterocycles. The lowest BCUT2D eigenvalue weighted by molar-refractivity contribution is 0.102. The summed E-state index contributed by atoms with van der Waals surface area (Å²) in [5.41, 5.74) is 3.31. The van der Waals surface area contributed by atoms with Gasteiger partial charge in [0.15, 0.2) is 0 Å². The lowest BCUT2D eigenvalue weighted by atomic mass is 10.1. The number of rotatable bonds is 3. The fraction of sp³-hybridized carbons (Fsp3) is 0.118. The van der Waals surface area contributed by atoms with E-state index in [4.69, 9.17) is 4.74 Å². The van der Waals surface area contributed by atoms with Gasteiger partial charge in [0.05, 0.1) is 7.11 Å². The van der Waals surface area contributed by atoms with Crippen LogP contribution in [0.5, 0.6) is 5.75 Å². The maximum Gasteiger partial charge on any atom is 0.255 e.